The summed E-state index contributed by atoms with van der Waals surface area (Å²) in [5.74, 6) is 0.857. The van der Waals surface area contributed by atoms with E-state index >= 15 is 0 Å². The van der Waals surface area contributed by atoms with Gasteiger partial charge in [-0.05, 0) is 23.3 Å². The van der Waals surface area contributed by atoms with Gasteiger partial charge in [0.15, 0.2) is 5.17 Å². The highest BCUT2D eigenvalue weighted by Gasteiger charge is 2.12. The molecule has 0 unspecified atom stereocenters. The van der Waals surface area contributed by atoms with E-state index < -0.39 is 0 Å². The van der Waals surface area contributed by atoms with Crippen LogP contribution >= 0.6 is 11.8 Å². The molecule has 0 bridgehead atoms. The molecule has 0 spiro atoms. The number of nitriles is 1. The molecule has 0 amide bonds. The third-order valence-corrected chi connectivity index (χ3v) is 4.60. The van der Waals surface area contributed by atoms with E-state index in [1.165, 1.54) is 11.1 Å². The van der Waals surface area contributed by atoms with E-state index in [1.54, 1.807) is 11.8 Å². The summed E-state index contributed by atoms with van der Waals surface area (Å²) >= 11 is 1.70. The maximum absolute atomic E-state index is 8.80. The van der Waals surface area contributed by atoms with Gasteiger partial charge < -0.3 is 5.32 Å². The second-order valence-corrected chi connectivity index (χ2v) is 6.32. The van der Waals surface area contributed by atoms with Crippen molar-refractivity contribution in [1.29, 1.82) is 5.26 Å². The Labute approximate surface area is 140 Å². The Kier molecular flexibility index (Phi) is 5.30. The average molecular weight is 322 g/mol. The molecule has 0 radical (unpaired) electrons. The molecule has 0 saturated carbocycles. The highest BCUT2D eigenvalue weighted by Crippen LogP contribution is 2.16. The van der Waals surface area contributed by atoms with Gasteiger partial charge in [0.1, 0.15) is 0 Å². The first-order valence-electron chi connectivity index (χ1n) is 7.50. The average Bonchev–Trinajstić information content (AvgIpc) is 2.62. The summed E-state index contributed by atoms with van der Waals surface area (Å²) in [6.07, 6.45) is 0. The predicted molar refractivity (Wildman–Crippen MR) is 94.7 cm³/mol. The molecule has 0 aliphatic carbocycles. The molecule has 2 aromatic carbocycles. The number of benzene rings is 2. The third kappa shape index (κ3) is 4.59. The summed E-state index contributed by atoms with van der Waals surface area (Å²) in [6, 6.07) is 20.3. The van der Waals surface area contributed by atoms with Gasteiger partial charge in [-0.2, -0.15) is 5.26 Å². The van der Waals surface area contributed by atoms with Crippen molar-refractivity contribution >= 4 is 16.9 Å². The van der Waals surface area contributed by atoms with E-state index in [2.05, 4.69) is 45.5 Å². The highest BCUT2D eigenvalue weighted by atomic mass is 32.2. The smallest absolute Gasteiger partial charge is 0.159 e. The van der Waals surface area contributed by atoms with Crippen LogP contribution < -0.4 is 5.32 Å². The molecular weight excluding hydrogens is 304 g/mol. The first-order chi connectivity index (χ1) is 11.3. The Morgan fingerprint density at radius 2 is 1.87 bits per heavy atom. The number of thioether (sulfide) groups is 1. The summed E-state index contributed by atoms with van der Waals surface area (Å²) < 4.78 is 0. The van der Waals surface area contributed by atoms with Crippen LogP contribution in [-0.4, -0.2) is 23.4 Å². The van der Waals surface area contributed by atoms with Gasteiger partial charge in [0.25, 0.3) is 0 Å². The molecule has 0 aromatic heterocycles. The standard InChI is InChI=1S/C18H18N4S/c19-10-15-6-8-17(9-7-15)12-23-18-20-13-22(14-21-18)11-16-4-2-1-3-5-16/h1-9H,11-14H2,(H,20,21). The van der Waals surface area contributed by atoms with Crippen LogP contribution in [0.15, 0.2) is 59.6 Å². The molecule has 1 aliphatic heterocycles. The lowest BCUT2D eigenvalue weighted by atomic mass is 10.2. The molecule has 3 rings (SSSR count). The zero-order valence-corrected chi connectivity index (χ0v) is 13.6. The van der Waals surface area contributed by atoms with Gasteiger partial charge >= 0.3 is 0 Å². The molecule has 0 saturated heterocycles. The Balaban J connectivity index is 1.48. The predicted octanol–water partition coefficient (Wildman–Crippen LogP) is 3.17. The van der Waals surface area contributed by atoms with Crippen molar-refractivity contribution in [3.63, 3.8) is 0 Å². The number of aliphatic imine (C=N–C) groups is 1. The van der Waals surface area contributed by atoms with Crippen molar-refractivity contribution in [2.45, 2.75) is 12.3 Å². The number of rotatable bonds is 4. The fourth-order valence-corrected chi connectivity index (χ4v) is 3.13. The van der Waals surface area contributed by atoms with E-state index in [-0.39, 0.29) is 0 Å². The number of hydrogen-bond acceptors (Lipinski definition) is 5. The second-order valence-electron chi connectivity index (χ2n) is 5.35. The second kappa shape index (κ2) is 7.82. The molecule has 1 aliphatic rings. The van der Waals surface area contributed by atoms with Crippen molar-refractivity contribution in [1.82, 2.24) is 10.2 Å². The largest absolute Gasteiger partial charge is 0.352 e. The first kappa shape index (κ1) is 15.6. The van der Waals surface area contributed by atoms with E-state index in [0.717, 1.165) is 30.8 Å². The van der Waals surface area contributed by atoms with Gasteiger partial charge in [-0.15, -0.1) is 0 Å². The van der Waals surface area contributed by atoms with E-state index in [4.69, 9.17) is 5.26 Å². The Morgan fingerprint density at radius 3 is 2.52 bits per heavy atom. The quantitative estimate of drug-likeness (QED) is 0.939. The highest BCUT2D eigenvalue weighted by molar-refractivity contribution is 8.13. The molecule has 2 aromatic rings. The van der Waals surface area contributed by atoms with Gasteiger partial charge in [-0.1, -0.05) is 54.2 Å². The monoisotopic (exact) mass is 322 g/mol. The van der Waals surface area contributed by atoms with E-state index in [9.17, 15) is 0 Å². The minimum atomic E-state index is 0.698. The van der Waals surface area contributed by atoms with Crippen LogP contribution in [0.5, 0.6) is 0 Å². The van der Waals surface area contributed by atoms with Gasteiger partial charge in [-0.25, -0.2) is 4.99 Å². The van der Waals surface area contributed by atoms with Gasteiger partial charge in [0.05, 0.1) is 25.0 Å². The lowest BCUT2D eigenvalue weighted by molar-refractivity contribution is 0.258. The molecular formula is C18H18N4S. The minimum absolute atomic E-state index is 0.698. The van der Waals surface area contributed by atoms with E-state index in [1.807, 2.05) is 30.3 Å². The SMILES string of the molecule is N#Cc1ccc(CSC2=NCN(Cc3ccccc3)CN2)cc1. The molecule has 1 N–H and O–H groups in total. The number of nitrogens with zero attached hydrogens (tertiary/aromatic N) is 3. The summed E-state index contributed by atoms with van der Waals surface area (Å²) in [6.45, 7) is 2.44. The molecule has 1 heterocycles. The lowest BCUT2D eigenvalue weighted by Crippen LogP contribution is -2.41. The summed E-state index contributed by atoms with van der Waals surface area (Å²) in [4.78, 5) is 6.86. The van der Waals surface area contributed by atoms with Crippen LogP contribution in [0.25, 0.3) is 0 Å². The van der Waals surface area contributed by atoms with Crippen molar-refractivity contribution in [2.75, 3.05) is 13.3 Å². The number of nitrogens with one attached hydrogen (secondary N) is 1. The summed E-state index contributed by atoms with van der Waals surface area (Å²) in [5.41, 5.74) is 3.20. The van der Waals surface area contributed by atoms with Gasteiger partial charge in [-0.3, -0.25) is 4.90 Å². The lowest BCUT2D eigenvalue weighted by Gasteiger charge is -2.26. The van der Waals surface area contributed by atoms with E-state index in [0.29, 0.717) is 5.56 Å². The van der Waals surface area contributed by atoms with Crippen LogP contribution in [-0.2, 0) is 12.3 Å². The molecule has 23 heavy (non-hydrogen) atoms. The Morgan fingerprint density at radius 1 is 1.09 bits per heavy atom. The van der Waals surface area contributed by atoms with Crippen LogP contribution in [0.2, 0.25) is 0 Å². The van der Waals surface area contributed by atoms with Crippen molar-refractivity contribution in [2.24, 2.45) is 4.99 Å². The maximum atomic E-state index is 8.80. The summed E-state index contributed by atoms with van der Waals surface area (Å²) in [5, 5.41) is 13.2. The minimum Gasteiger partial charge on any atom is -0.352 e. The Bertz CT molecular complexity index is 704. The Hall–Kier alpha value is -2.29. The number of amidine groups is 1. The number of hydrogen-bond donors (Lipinski definition) is 1. The fraction of sp³-hybridized carbons (Fsp3) is 0.222. The molecule has 0 atom stereocenters. The first-order valence-corrected chi connectivity index (χ1v) is 8.48. The molecule has 0 fully saturated rings. The van der Waals surface area contributed by atoms with Gasteiger partial charge in [0, 0.05) is 12.3 Å². The van der Waals surface area contributed by atoms with Crippen molar-refractivity contribution in [3.05, 3.63) is 71.3 Å². The van der Waals surface area contributed by atoms with Crippen LogP contribution in [0.1, 0.15) is 16.7 Å². The normalized spacial score (nSPS) is 14.7. The van der Waals surface area contributed by atoms with Crippen LogP contribution in [0.4, 0.5) is 0 Å². The topological polar surface area (TPSA) is 51.4 Å². The van der Waals surface area contributed by atoms with Crippen LogP contribution in [0, 0.1) is 11.3 Å². The third-order valence-electron chi connectivity index (χ3n) is 3.58. The van der Waals surface area contributed by atoms with Gasteiger partial charge in [0.2, 0.25) is 0 Å². The zero-order chi connectivity index (χ0) is 15.9. The van der Waals surface area contributed by atoms with Crippen LogP contribution in [0.3, 0.4) is 0 Å². The zero-order valence-electron chi connectivity index (χ0n) is 12.8. The molecule has 116 valence electrons. The summed E-state index contributed by atoms with van der Waals surface area (Å²) in [7, 11) is 0. The van der Waals surface area contributed by atoms with Crippen molar-refractivity contribution < 1.29 is 0 Å². The van der Waals surface area contributed by atoms with Crippen molar-refractivity contribution in [3.8, 4) is 6.07 Å². The maximum Gasteiger partial charge on any atom is 0.159 e. The molecule has 5 heteroatoms. The fourth-order valence-electron chi connectivity index (χ4n) is 2.32. The molecule has 4 nitrogen and oxygen atoms in total.